The highest BCUT2D eigenvalue weighted by Crippen LogP contribution is 2.39. The standard InChI is InChI=1S/C18H23NO5S/c1-13-5-8-15(9-6-13)25(20,21)19-12-11-14-7-10-16(22-2)18(24-4)17(14)23-3/h5-10,19H,11-12H2,1-4H3. The van der Waals surface area contributed by atoms with Gasteiger partial charge in [0.15, 0.2) is 11.5 Å². The molecule has 0 radical (unpaired) electrons. The lowest BCUT2D eigenvalue weighted by Crippen LogP contribution is -2.26. The molecule has 7 heteroatoms. The molecule has 0 fully saturated rings. The SMILES string of the molecule is COc1ccc(CCNS(=O)(=O)c2ccc(C)cc2)c(OC)c1OC. The van der Waals surface area contributed by atoms with E-state index in [1.807, 2.05) is 13.0 Å². The van der Waals surface area contributed by atoms with Gasteiger partial charge in [0, 0.05) is 6.54 Å². The fourth-order valence-electron chi connectivity index (χ4n) is 2.48. The Hall–Kier alpha value is -2.25. The van der Waals surface area contributed by atoms with Gasteiger partial charge >= 0.3 is 0 Å². The molecule has 136 valence electrons. The van der Waals surface area contributed by atoms with Gasteiger partial charge in [-0.15, -0.1) is 0 Å². The summed E-state index contributed by atoms with van der Waals surface area (Å²) < 4.78 is 43.2. The number of methoxy groups -OCH3 is 3. The zero-order valence-corrected chi connectivity index (χ0v) is 15.6. The Labute approximate surface area is 148 Å². The van der Waals surface area contributed by atoms with E-state index >= 15 is 0 Å². The number of hydrogen-bond acceptors (Lipinski definition) is 5. The molecule has 0 saturated heterocycles. The fourth-order valence-corrected chi connectivity index (χ4v) is 3.51. The summed E-state index contributed by atoms with van der Waals surface area (Å²) in [5, 5.41) is 0. The van der Waals surface area contributed by atoms with Crippen molar-refractivity contribution in [3.05, 3.63) is 47.5 Å². The molecule has 6 nitrogen and oxygen atoms in total. The van der Waals surface area contributed by atoms with E-state index in [2.05, 4.69) is 4.72 Å². The van der Waals surface area contributed by atoms with Crippen LogP contribution in [0.2, 0.25) is 0 Å². The van der Waals surface area contributed by atoms with Crippen molar-refractivity contribution in [3.8, 4) is 17.2 Å². The van der Waals surface area contributed by atoms with Crippen LogP contribution < -0.4 is 18.9 Å². The van der Waals surface area contributed by atoms with Crippen LogP contribution in [0.1, 0.15) is 11.1 Å². The van der Waals surface area contributed by atoms with Crippen LogP contribution in [0.25, 0.3) is 0 Å². The van der Waals surface area contributed by atoms with Crippen LogP contribution in [0.3, 0.4) is 0 Å². The van der Waals surface area contributed by atoms with Gasteiger partial charge in [-0.3, -0.25) is 0 Å². The summed E-state index contributed by atoms with van der Waals surface area (Å²) in [5.41, 5.74) is 1.83. The van der Waals surface area contributed by atoms with E-state index in [1.54, 1.807) is 37.4 Å². The third-order valence-corrected chi connectivity index (χ3v) is 5.28. The molecule has 0 aliphatic carbocycles. The van der Waals surface area contributed by atoms with Crippen LogP contribution in [-0.2, 0) is 16.4 Å². The van der Waals surface area contributed by atoms with E-state index in [4.69, 9.17) is 14.2 Å². The van der Waals surface area contributed by atoms with E-state index in [1.165, 1.54) is 14.2 Å². The average molecular weight is 365 g/mol. The Morgan fingerprint density at radius 2 is 1.52 bits per heavy atom. The molecule has 2 aromatic rings. The number of rotatable bonds is 8. The first-order chi connectivity index (χ1) is 11.9. The second kappa shape index (κ2) is 8.22. The molecule has 2 aromatic carbocycles. The third kappa shape index (κ3) is 4.43. The van der Waals surface area contributed by atoms with Crippen LogP contribution in [0, 0.1) is 6.92 Å². The van der Waals surface area contributed by atoms with Gasteiger partial charge < -0.3 is 14.2 Å². The van der Waals surface area contributed by atoms with Gasteiger partial charge in [0.1, 0.15) is 0 Å². The highest BCUT2D eigenvalue weighted by atomic mass is 32.2. The van der Waals surface area contributed by atoms with Gasteiger partial charge in [-0.2, -0.15) is 0 Å². The van der Waals surface area contributed by atoms with Crippen LogP contribution in [0.4, 0.5) is 0 Å². The van der Waals surface area contributed by atoms with Crippen LogP contribution >= 0.6 is 0 Å². The number of ether oxygens (including phenoxy) is 3. The zero-order valence-electron chi connectivity index (χ0n) is 14.8. The number of hydrogen-bond donors (Lipinski definition) is 1. The second-order valence-corrected chi connectivity index (χ2v) is 7.22. The largest absolute Gasteiger partial charge is 0.493 e. The van der Waals surface area contributed by atoms with Crippen LogP contribution in [0.5, 0.6) is 17.2 Å². The van der Waals surface area contributed by atoms with E-state index < -0.39 is 10.0 Å². The highest BCUT2D eigenvalue weighted by Gasteiger charge is 2.17. The molecule has 0 saturated carbocycles. The minimum Gasteiger partial charge on any atom is -0.493 e. The van der Waals surface area contributed by atoms with Crippen molar-refractivity contribution >= 4 is 10.0 Å². The van der Waals surface area contributed by atoms with E-state index in [9.17, 15) is 8.42 Å². The molecular formula is C18H23NO5S. The minimum absolute atomic E-state index is 0.238. The number of nitrogens with one attached hydrogen (secondary N) is 1. The summed E-state index contributed by atoms with van der Waals surface area (Å²) in [4.78, 5) is 0.248. The monoisotopic (exact) mass is 365 g/mol. The van der Waals surface area contributed by atoms with Crippen molar-refractivity contribution in [2.24, 2.45) is 0 Å². The smallest absolute Gasteiger partial charge is 0.240 e. The van der Waals surface area contributed by atoms with E-state index in [0.717, 1.165) is 11.1 Å². The molecular weight excluding hydrogens is 342 g/mol. The first kappa shape index (κ1) is 19.1. The minimum atomic E-state index is -3.54. The van der Waals surface area contributed by atoms with Crippen molar-refractivity contribution in [1.29, 1.82) is 0 Å². The fraction of sp³-hybridized carbons (Fsp3) is 0.333. The lowest BCUT2D eigenvalue weighted by atomic mass is 10.1. The first-order valence-corrected chi connectivity index (χ1v) is 9.25. The highest BCUT2D eigenvalue weighted by molar-refractivity contribution is 7.89. The molecule has 2 rings (SSSR count). The van der Waals surface area contributed by atoms with Gasteiger partial charge in [-0.1, -0.05) is 23.8 Å². The molecule has 0 aromatic heterocycles. The van der Waals surface area contributed by atoms with E-state index in [0.29, 0.717) is 23.7 Å². The predicted octanol–water partition coefficient (Wildman–Crippen LogP) is 2.54. The number of aryl methyl sites for hydroxylation is 1. The first-order valence-electron chi connectivity index (χ1n) is 7.77. The number of benzene rings is 2. The summed E-state index contributed by atoms with van der Waals surface area (Å²) in [6.45, 7) is 2.15. The summed E-state index contributed by atoms with van der Waals surface area (Å²) in [5.74, 6) is 1.59. The Morgan fingerprint density at radius 3 is 2.08 bits per heavy atom. The van der Waals surface area contributed by atoms with Gasteiger partial charge in [0.2, 0.25) is 15.8 Å². The zero-order chi connectivity index (χ0) is 18.4. The summed E-state index contributed by atoms with van der Waals surface area (Å²) >= 11 is 0. The maximum Gasteiger partial charge on any atom is 0.240 e. The Bertz CT molecular complexity index is 816. The molecule has 0 bridgehead atoms. The average Bonchev–Trinajstić information content (AvgIpc) is 2.61. The van der Waals surface area contributed by atoms with Crippen molar-refractivity contribution < 1.29 is 22.6 Å². The van der Waals surface area contributed by atoms with Crippen LogP contribution in [0.15, 0.2) is 41.3 Å². The van der Waals surface area contributed by atoms with Crippen molar-refractivity contribution in [3.63, 3.8) is 0 Å². The molecule has 1 N–H and O–H groups in total. The molecule has 0 aliphatic rings. The molecule has 0 atom stereocenters. The summed E-state index contributed by atoms with van der Waals surface area (Å²) in [6.07, 6.45) is 0.453. The van der Waals surface area contributed by atoms with Crippen molar-refractivity contribution in [2.75, 3.05) is 27.9 Å². The number of sulfonamides is 1. The molecule has 0 heterocycles. The maximum atomic E-state index is 12.3. The Balaban J connectivity index is 2.12. The normalized spacial score (nSPS) is 11.2. The topological polar surface area (TPSA) is 73.9 Å². The summed E-state index contributed by atoms with van der Waals surface area (Å²) in [7, 11) is 1.08. The molecule has 25 heavy (non-hydrogen) atoms. The lowest BCUT2D eigenvalue weighted by Gasteiger charge is -2.16. The quantitative estimate of drug-likeness (QED) is 0.778. The van der Waals surface area contributed by atoms with Crippen LogP contribution in [-0.4, -0.2) is 36.3 Å². The molecule has 0 unspecified atom stereocenters. The van der Waals surface area contributed by atoms with Gasteiger partial charge in [-0.05, 0) is 37.1 Å². The summed E-state index contributed by atoms with van der Waals surface area (Å²) in [6, 6.07) is 10.3. The van der Waals surface area contributed by atoms with Gasteiger partial charge in [-0.25, -0.2) is 13.1 Å². The molecule has 0 aliphatic heterocycles. The van der Waals surface area contributed by atoms with E-state index in [-0.39, 0.29) is 11.4 Å². The second-order valence-electron chi connectivity index (χ2n) is 5.45. The van der Waals surface area contributed by atoms with Gasteiger partial charge in [0.25, 0.3) is 0 Å². The van der Waals surface area contributed by atoms with Crippen molar-refractivity contribution in [1.82, 2.24) is 4.72 Å². The molecule has 0 spiro atoms. The predicted molar refractivity (Wildman–Crippen MR) is 96.2 cm³/mol. The van der Waals surface area contributed by atoms with Crippen molar-refractivity contribution in [2.45, 2.75) is 18.2 Å². The Kier molecular flexibility index (Phi) is 6.27. The van der Waals surface area contributed by atoms with Gasteiger partial charge in [0.05, 0.1) is 26.2 Å². The molecule has 0 amide bonds. The lowest BCUT2D eigenvalue weighted by molar-refractivity contribution is 0.322. The maximum absolute atomic E-state index is 12.3. The Morgan fingerprint density at radius 1 is 0.880 bits per heavy atom. The third-order valence-electron chi connectivity index (χ3n) is 3.80.